The first kappa shape index (κ1) is 13.9. The van der Waals surface area contributed by atoms with Crippen molar-refractivity contribution < 1.29 is 4.79 Å². The smallest absolute Gasteiger partial charge is 0.229 e. The van der Waals surface area contributed by atoms with Crippen molar-refractivity contribution in [1.82, 2.24) is 5.32 Å². The van der Waals surface area contributed by atoms with E-state index in [1.165, 1.54) is 51.4 Å². The zero-order chi connectivity index (χ0) is 11.6. The molecule has 0 aliphatic heterocycles. The molecule has 0 atom stereocenters. The van der Waals surface area contributed by atoms with E-state index in [0.717, 1.165) is 12.8 Å². The summed E-state index contributed by atoms with van der Waals surface area (Å²) in [6, 6.07) is 0.401. The van der Waals surface area contributed by atoms with Crippen molar-refractivity contribution >= 4 is 18.5 Å². The standard InChI is InChI=1S/C13H25NOS/c15-13(11-16)14-12-9-7-5-3-1-2-4-6-8-10-12/h12,16H,1-11H2,(H,14,15). The van der Waals surface area contributed by atoms with Crippen molar-refractivity contribution in [2.24, 2.45) is 0 Å². The molecule has 1 amide bonds. The fourth-order valence-electron chi connectivity index (χ4n) is 2.40. The van der Waals surface area contributed by atoms with E-state index in [1.807, 2.05) is 0 Å². The van der Waals surface area contributed by atoms with Crippen LogP contribution in [0.2, 0.25) is 0 Å². The highest BCUT2D eigenvalue weighted by Crippen LogP contribution is 2.16. The molecule has 1 aliphatic carbocycles. The molecule has 1 aliphatic rings. The predicted octanol–water partition coefficient (Wildman–Crippen LogP) is 3.32. The summed E-state index contributed by atoms with van der Waals surface area (Å²) in [7, 11) is 0. The Balaban J connectivity index is 2.30. The number of carbonyl (C=O) groups excluding carboxylic acids is 1. The third-order valence-corrected chi connectivity index (χ3v) is 3.65. The SMILES string of the molecule is O=C(CS)NC1CCCCCCCCCC1. The summed E-state index contributed by atoms with van der Waals surface area (Å²) >= 11 is 4.01. The summed E-state index contributed by atoms with van der Waals surface area (Å²) in [5, 5.41) is 3.09. The lowest BCUT2D eigenvalue weighted by Crippen LogP contribution is -2.35. The number of nitrogens with one attached hydrogen (secondary N) is 1. The average Bonchev–Trinajstić information content (AvgIpc) is 2.35. The van der Waals surface area contributed by atoms with Gasteiger partial charge in [0.2, 0.25) is 5.91 Å². The molecule has 0 aromatic rings. The van der Waals surface area contributed by atoms with Crippen LogP contribution in [0.25, 0.3) is 0 Å². The van der Waals surface area contributed by atoms with Crippen LogP contribution in [0.15, 0.2) is 0 Å². The van der Waals surface area contributed by atoms with E-state index in [2.05, 4.69) is 17.9 Å². The van der Waals surface area contributed by atoms with Gasteiger partial charge in [-0.15, -0.1) is 0 Å². The second-order valence-electron chi connectivity index (χ2n) is 4.83. The topological polar surface area (TPSA) is 29.1 Å². The molecule has 3 heteroatoms. The maximum atomic E-state index is 11.3. The molecule has 1 fully saturated rings. The highest BCUT2D eigenvalue weighted by molar-refractivity contribution is 7.81. The summed E-state index contributed by atoms with van der Waals surface area (Å²) in [5.74, 6) is 0.402. The molecule has 0 saturated heterocycles. The molecule has 1 rings (SSSR count). The molecule has 0 radical (unpaired) electrons. The Morgan fingerprint density at radius 1 is 0.938 bits per heavy atom. The van der Waals surface area contributed by atoms with Gasteiger partial charge >= 0.3 is 0 Å². The molecule has 0 bridgehead atoms. The van der Waals surface area contributed by atoms with Crippen molar-refractivity contribution in [1.29, 1.82) is 0 Å². The summed E-state index contributed by atoms with van der Waals surface area (Å²) in [6.45, 7) is 0. The van der Waals surface area contributed by atoms with E-state index in [1.54, 1.807) is 0 Å². The number of hydrogen-bond acceptors (Lipinski definition) is 2. The number of rotatable bonds is 2. The zero-order valence-corrected chi connectivity index (χ0v) is 11.1. The first-order valence-electron chi connectivity index (χ1n) is 6.73. The van der Waals surface area contributed by atoms with Gasteiger partial charge in [-0.1, -0.05) is 51.4 Å². The maximum absolute atomic E-state index is 11.3. The quantitative estimate of drug-likeness (QED) is 0.716. The van der Waals surface area contributed by atoms with Crippen LogP contribution in [0.5, 0.6) is 0 Å². The fourth-order valence-corrected chi connectivity index (χ4v) is 2.50. The van der Waals surface area contributed by atoms with E-state index in [9.17, 15) is 4.79 Å². The van der Waals surface area contributed by atoms with E-state index in [0.29, 0.717) is 11.8 Å². The molecule has 0 heterocycles. The lowest BCUT2D eigenvalue weighted by atomic mass is 10.0. The molecule has 0 aromatic heterocycles. The monoisotopic (exact) mass is 243 g/mol. The van der Waals surface area contributed by atoms with Crippen LogP contribution >= 0.6 is 12.6 Å². The summed E-state index contributed by atoms with van der Waals surface area (Å²) in [5.41, 5.74) is 0. The van der Waals surface area contributed by atoms with Crippen molar-refractivity contribution in [3.8, 4) is 0 Å². The average molecular weight is 243 g/mol. The lowest BCUT2D eigenvalue weighted by molar-refractivity contribution is -0.119. The second-order valence-corrected chi connectivity index (χ2v) is 5.14. The molecular weight excluding hydrogens is 218 g/mol. The Morgan fingerprint density at radius 2 is 1.38 bits per heavy atom. The number of amides is 1. The highest BCUT2D eigenvalue weighted by atomic mass is 32.1. The van der Waals surface area contributed by atoms with Gasteiger partial charge in [0.15, 0.2) is 0 Å². The van der Waals surface area contributed by atoms with Gasteiger partial charge in [-0.3, -0.25) is 4.79 Å². The highest BCUT2D eigenvalue weighted by Gasteiger charge is 2.11. The number of thiol groups is 1. The van der Waals surface area contributed by atoms with Crippen molar-refractivity contribution in [3.63, 3.8) is 0 Å². The lowest BCUT2D eigenvalue weighted by Gasteiger charge is -2.17. The van der Waals surface area contributed by atoms with Gasteiger partial charge in [0.25, 0.3) is 0 Å². The van der Waals surface area contributed by atoms with Crippen LogP contribution in [0.3, 0.4) is 0 Å². The van der Waals surface area contributed by atoms with E-state index in [-0.39, 0.29) is 5.91 Å². The van der Waals surface area contributed by atoms with Crippen LogP contribution in [-0.4, -0.2) is 17.7 Å². The molecule has 0 spiro atoms. The Morgan fingerprint density at radius 3 is 1.81 bits per heavy atom. The number of carbonyl (C=O) groups is 1. The molecule has 2 nitrogen and oxygen atoms in total. The van der Waals surface area contributed by atoms with Crippen LogP contribution in [0.4, 0.5) is 0 Å². The Hall–Kier alpha value is -0.180. The Labute approximate surface area is 105 Å². The first-order chi connectivity index (χ1) is 7.83. The first-order valence-corrected chi connectivity index (χ1v) is 7.36. The van der Waals surface area contributed by atoms with Gasteiger partial charge in [-0.25, -0.2) is 0 Å². The largest absolute Gasteiger partial charge is 0.353 e. The third kappa shape index (κ3) is 6.41. The van der Waals surface area contributed by atoms with E-state index < -0.39 is 0 Å². The minimum Gasteiger partial charge on any atom is -0.353 e. The molecule has 0 unspecified atom stereocenters. The minimum absolute atomic E-state index is 0.0863. The molecule has 1 saturated carbocycles. The Bertz CT molecular complexity index is 184. The second kappa shape index (κ2) is 8.91. The van der Waals surface area contributed by atoms with Gasteiger partial charge in [0, 0.05) is 6.04 Å². The van der Waals surface area contributed by atoms with Gasteiger partial charge < -0.3 is 5.32 Å². The van der Waals surface area contributed by atoms with Gasteiger partial charge in [0.1, 0.15) is 0 Å². The van der Waals surface area contributed by atoms with Gasteiger partial charge in [-0.2, -0.15) is 12.6 Å². The number of hydrogen-bond donors (Lipinski definition) is 2. The summed E-state index contributed by atoms with van der Waals surface area (Å²) in [4.78, 5) is 11.3. The fraction of sp³-hybridized carbons (Fsp3) is 0.923. The van der Waals surface area contributed by atoms with Crippen LogP contribution in [-0.2, 0) is 4.79 Å². The van der Waals surface area contributed by atoms with E-state index in [4.69, 9.17) is 0 Å². The maximum Gasteiger partial charge on any atom is 0.229 e. The van der Waals surface area contributed by atoms with Gasteiger partial charge in [-0.05, 0) is 12.8 Å². The Kier molecular flexibility index (Phi) is 7.73. The van der Waals surface area contributed by atoms with Crippen LogP contribution in [0, 0.1) is 0 Å². The minimum atomic E-state index is 0.0863. The molecule has 16 heavy (non-hydrogen) atoms. The van der Waals surface area contributed by atoms with Crippen molar-refractivity contribution in [2.45, 2.75) is 70.3 Å². The van der Waals surface area contributed by atoms with E-state index >= 15 is 0 Å². The van der Waals surface area contributed by atoms with Crippen LogP contribution in [0.1, 0.15) is 64.2 Å². The molecule has 1 N–H and O–H groups in total. The third-order valence-electron chi connectivity index (χ3n) is 3.36. The molecule has 94 valence electrons. The normalized spacial score (nSPS) is 21.1. The zero-order valence-electron chi connectivity index (χ0n) is 10.2. The van der Waals surface area contributed by atoms with Crippen molar-refractivity contribution in [3.05, 3.63) is 0 Å². The molecule has 0 aromatic carbocycles. The van der Waals surface area contributed by atoms with Crippen LogP contribution < -0.4 is 5.32 Å². The predicted molar refractivity (Wildman–Crippen MR) is 72.0 cm³/mol. The summed E-state index contributed by atoms with van der Waals surface area (Å²) in [6.07, 6.45) is 13.0. The van der Waals surface area contributed by atoms with Gasteiger partial charge in [0.05, 0.1) is 5.75 Å². The van der Waals surface area contributed by atoms with Crippen molar-refractivity contribution in [2.75, 3.05) is 5.75 Å². The molecular formula is C13H25NOS. The summed E-state index contributed by atoms with van der Waals surface area (Å²) < 4.78 is 0.